The van der Waals surface area contributed by atoms with Crippen LogP contribution in [0.5, 0.6) is 0 Å². The molecule has 0 radical (unpaired) electrons. The highest BCUT2D eigenvalue weighted by atomic mass is 35.5. The van der Waals surface area contributed by atoms with Crippen molar-refractivity contribution < 1.29 is 9.60 Å². The Balaban J connectivity index is 1.35. The van der Waals surface area contributed by atoms with Gasteiger partial charge in [-0.05, 0) is 56.5 Å². The van der Waals surface area contributed by atoms with E-state index in [-0.39, 0.29) is 10.9 Å². The average molecular weight is 444 g/mol. The Morgan fingerprint density at radius 2 is 2.19 bits per heavy atom. The maximum absolute atomic E-state index is 13.4. The lowest BCUT2D eigenvalue weighted by Gasteiger charge is -2.23. The predicted molar refractivity (Wildman–Crippen MR) is 118 cm³/mol. The first kappa shape index (κ1) is 20.2. The number of hydrogen-bond acceptors (Lipinski definition) is 6. The van der Waals surface area contributed by atoms with Gasteiger partial charge in [-0.2, -0.15) is 4.98 Å². The summed E-state index contributed by atoms with van der Waals surface area (Å²) >= 11 is 5.84. The number of fused-ring (bicyclic) bond motifs is 1. The van der Waals surface area contributed by atoms with Crippen LogP contribution in [0.4, 0.5) is 16.0 Å². The number of aliphatic imine (C=N–C) groups is 1. The van der Waals surface area contributed by atoms with E-state index in [0.29, 0.717) is 33.9 Å². The number of benzene rings is 1. The fraction of sp³-hybridized carbons (Fsp3) is 0.381. The number of halogens is 2. The summed E-state index contributed by atoms with van der Waals surface area (Å²) in [5.74, 6) is 0.246. The van der Waals surface area contributed by atoms with E-state index in [4.69, 9.17) is 11.6 Å². The first-order valence-electron chi connectivity index (χ1n) is 10.4. The molecule has 1 spiro atoms. The van der Waals surface area contributed by atoms with E-state index in [1.54, 1.807) is 12.3 Å². The van der Waals surface area contributed by atoms with Gasteiger partial charge in [0.05, 0.1) is 16.2 Å². The van der Waals surface area contributed by atoms with Gasteiger partial charge in [-0.1, -0.05) is 11.6 Å². The van der Waals surface area contributed by atoms with Crippen LogP contribution < -0.4 is 10.8 Å². The number of anilines is 1. The molecule has 3 heterocycles. The Hall–Kier alpha value is -2.75. The smallest absolute Gasteiger partial charge is 0.202 e. The second kappa shape index (κ2) is 8.07. The van der Waals surface area contributed by atoms with Gasteiger partial charge in [0.15, 0.2) is 11.5 Å². The standard InChI is InChI=1S/C21H23ClFN7O/c22-15-12-13(2-3-16(15)23)26-18(29-31)14-4-8-24-19-17(14)27-20(28-19)25-9-11-30-10-1-5-21(30)6-7-21/h2-4,8,12,31H,1,5-7,9-11H2,(H,26,29)(H2,24,25,27,28). The van der Waals surface area contributed by atoms with E-state index in [9.17, 15) is 9.60 Å². The SMILES string of the molecule is ONC(=Nc1ccc(F)c(Cl)c1)c1ccnc2nc(NCCN3CCCC34CC4)[nH]c12. The maximum Gasteiger partial charge on any atom is 0.202 e. The van der Waals surface area contributed by atoms with Crippen LogP contribution in [-0.4, -0.2) is 56.1 Å². The van der Waals surface area contributed by atoms with Crippen molar-refractivity contribution in [2.45, 2.75) is 31.2 Å². The molecule has 8 nitrogen and oxygen atoms in total. The molecule has 4 N–H and O–H groups in total. The topological polar surface area (TPSA) is 101 Å². The third-order valence-electron chi connectivity index (χ3n) is 6.14. The Kier molecular flexibility index (Phi) is 5.25. The highest BCUT2D eigenvalue weighted by Crippen LogP contribution is 2.49. The van der Waals surface area contributed by atoms with Crippen molar-refractivity contribution in [3.8, 4) is 0 Å². The van der Waals surface area contributed by atoms with Crippen LogP contribution in [0.1, 0.15) is 31.2 Å². The van der Waals surface area contributed by atoms with E-state index in [1.165, 1.54) is 50.4 Å². The average Bonchev–Trinajstić information content (AvgIpc) is 3.25. The molecule has 1 saturated heterocycles. The van der Waals surface area contributed by atoms with E-state index in [2.05, 4.69) is 35.6 Å². The molecule has 31 heavy (non-hydrogen) atoms. The zero-order chi connectivity index (χ0) is 21.4. The number of likely N-dealkylation sites (tertiary alicyclic amines) is 1. The Morgan fingerprint density at radius 1 is 1.32 bits per heavy atom. The minimum Gasteiger partial charge on any atom is -0.354 e. The van der Waals surface area contributed by atoms with Gasteiger partial charge in [0.25, 0.3) is 0 Å². The number of imidazole rings is 1. The molecular weight excluding hydrogens is 421 g/mol. The van der Waals surface area contributed by atoms with Crippen LogP contribution in [0.2, 0.25) is 5.02 Å². The normalized spacial score (nSPS) is 18.1. The molecule has 10 heteroatoms. The molecule has 1 aliphatic heterocycles. The highest BCUT2D eigenvalue weighted by Gasteiger charge is 2.49. The minimum absolute atomic E-state index is 0.0441. The van der Waals surface area contributed by atoms with Crippen molar-refractivity contribution in [1.29, 1.82) is 0 Å². The first-order chi connectivity index (χ1) is 15.1. The highest BCUT2D eigenvalue weighted by molar-refractivity contribution is 6.31. The number of pyridine rings is 1. The quantitative estimate of drug-likeness (QED) is 0.262. The molecule has 1 aromatic carbocycles. The van der Waals surface area contributed by atoms with Gasteiger partial charge < -0.3 is 10.3 Å². The molecule has 0 bridgehead atoms. The lowest BCUT2D eigenvalue weighted by Crippen LogP contribution is -2.35. The summed E-state index contributed by atoms with van der Waals surface area (Å²) in [6.45, 7) is 2.93. The summed E-state index contributed by atoms with van der Waals surface area (Å²) in [6.07, 6.45) is 6.84. The maximum atomic E-state index is 13.4. The third kappa shape index (κ3) is 3.96. The number of aromatic amines is 1. The summed E-state index contributed by atoms with van der Waals surface area (Å²) in [7, 11) is 0. The summed E-state index contributed by atoms with van der Waals surface area (Å²) in [5.41, 5.74) is 4.68. The largest absolute Gasteiger partial charge is 0.354 e. The molecule has 3 aromatic rings. The molecule has 162 valence electrons. The van der Waals surface area contributed by atoms with Crippen molar-refractivity contribution in [2.75, 3.05) is 25.0 Å². The molecule has 0 unspecified atom stereocenters. The summed E-state index contributed by atoms with van der Waals surface area (Å²) in [4.78, 5) is 19.0. The Morgan fingerprint density at radius 3 is 2.97 bits per heavy atom. The van der Waals surface area contributed by atoms with Crippen LogP contribution in [0.3, 0.4) is 0 Å². The Labute approximate surface area is 183 Å². The van der Waals surface area contributed by atoms with E-state index < -0.39 is 5.82 Å². The molecule has 5 rings (SSSR count). The number of hydroxylamine groups is 1. The molecule has 0 amide bonds. The van der Waals surface area contributed by atoms with Crippen molar-refractivity contribution in [1.82, 2.24) is 25.3 Å². The molecule has 2 aromatic heterocycles. The fourth-order valence-electron chi connectivity index (χ4n) is 4.38. The lowest BCUT2D eigenvalue weighted by atomic mass is 10.2. The second-order valence-corrected chi connectivity index (χ2v) is 8.46. The number of aromatic nitrogens is 3. The molecule has 2 fully saturated rings. The van der Waals surface area contributed by atoms with E-state index >= 15 is 0 Å². The van der Waals surface area contributed by atoms with Gasteiger partial charge in [0, 0.05) is 30.4 Å². The first-order valence-corrected chi connectivity index (χ1v) is 10.7. The van der Waals surface area contributed by atoms with Crippen molar-refractivity contribution >= 4 is 40.2 Å². The number of H-pyrrole nitrogens is 1. The van der Waals surface area contributed by atoms with Gasteiger partial charge >= 0.3 is 0 Å². The van der Waals surface area contributed by atoms with Crippen molar-refractivity contribution in [3.63, 3.8) is 0 Å². The van der Waals surface area contributed by atoms with Gasteiger partial charge in [0.2, 0.25) is 5.95 Å². The van der Waals surface area contributed by atoms with Crippen LogP contribution in [0.15, 0.2) is 35.5 Å². The number of hydrogen-bond donors (Lipinski definition) is 4. The molecule has 1 saturated carbocycles. The van der Waals surface area contributed by atoms with E-state index in [1.807, 2.05) is 0 Å². The summed E-state index contributed by atoms with van der Waals surface area (Å²) in [6, 6.07) is 5.79. The third-order valence-corrected chi connectivity index (χ3v) is 6.43. The van der Waals surface area contributed by atoms with Crippen LogP contribution >= 0.6 is 11.6 Å². The zero-order valence-corrected chi connectivity index (χ0v) is 17.6. The van der Waals surface area contributed by atoms with Gasteiger partial charge in [-0.3, -0.25) is 15.6 Å². The monoisotopic (exact) mass is 443 g/mol. The van der Waals surface area contributed by atoms with Gasteiger partial charge in [-0.25, -0.2) is 14.4 Å². The van der Waals surface area contributed by atoms with Gasteiger partial charge in [-0.15, -0.1) is 0 Å². The second-order valence-electron chi connectivity index (χ2n) is 8.05. The van der Waals surface area contributed by atoms with E-state index in [0.717, 1.165) is 13.1 Å². The summed E-state index contributed by atoms with van der Waals surface area (Å²) < 4.78 is 13.4. The van der Waals surface area contributed by atoms with Crippen molar-refractivity contribution in [2.24, 2.45) is 4.99 Å². The van der Waals surface area contributed by atoms with Crippen molar-refractivity contribution in [3.05, 3.63) is 46.9 Å². The minimum atomic E-state index is -0.531. The molecular formula is C21H23ClFN7O. The van der Waals surface area contributed by atoms with Gasteiger partial charge in [0.1, 0.15) is 5.82 Å². The predicted octanol–water partition coefficient (Wildman–Crippen LogP) is 3.85. The number of nitrogens with zero attached hydrogens (tertiary/aromatic N) is 4. The molecule has 1 aliphatic carbocycles. The number of rotatable bonds is 6. The zero-order valence-electron chi connectivity index (χ0n) is 16.8. The number of amidine groups is 1. The van der Waals surface area contributed by atoms with Crippen LogP contribution in [-0.2, 0) is 0 Å². The molecule has 0 atom stereocenters. The van der Waals surface area contributed by atoms with Crippen LogP contribution in [0, 0.1) is 5.82 Å². The summed E-state index contributed by atoms with van der Waals surface area (Å²) in [5, 5.41) is 13.0. The Bertz CT molecular complexity index is 1140. The fourth-order valence-corrected chi connectivity index (χ4v) is 4.56. The lowest BCUT2D eigenvalue weighted by molar-refractivity contribution is 0.235. The molecule has 2 aliphatic rings. The van der Waals surface area contributed by atoms with Crippen LogP contribution in [0.25, 0.3) is 11.2 Å². The number of nitrogens with one attached hydrogen (secondary N) is 3.